The van der Waals surface area contributed by atoms with E-state index in [1.54, 1.807) is 25.4 Å². The largest absolute Gasteiger partial charge is 0.497 e. The Bertz CT molecular complexity index is 925. The molecule has 2 N–H and O–H groups in total. The number of methoxy groups -OCH3 is 1. The lowest BCUT2D eigenvalue weighted by molar-refractivity contribution is 0.0951. The van der Waals surface area contributed by atoms with Crippen LogP contribution in [0.15, 0.2) is 66.9 Å². The summed E-state index contributed by atoms with van der Waals surface area (Å²) < 4.78 is 10.8. The molecule has 1 aromatic heterocycles. The average Bonchev–Trinajstić information content (AvgIpc) is 2.77. The molecule has 6 heteroatoms. The van der Waals surface area contributed by atoms with E-state index in [-0.39, 0.29) is 5.91 Å². The van der Waals surface area contributed by atoms with E-state index in [1.807, 2.05) is 55.5 Å². The minimum Gasteiger partial charge on any atom is -0.497 e. The van der Waals surface area contributed by atoms with Crippen molar-refractivity contribution in [3.05, 3.63) is 83.6 Å². The van der Waals surface area contributed by atoms with E-state index >= 15 is 0 Å². The third-order valence-corrected chi connectivity index (χ3v) is 4.33. The van der Waals surface area contributed by atoms with Crippen LogP contribution in [0.4, 0.5) is 5.82 Å². The smallest absolute Gasteiger partial charge is 0.251 e. The summed E-state index contributed by atoms with van der Waals surface area (Å²) in [5, 5.41) is 6.10. The molecule has 0 unspecified atom stereocenters. The molecule has 0 saturated carbocycles. The van der Waals surface area contributed by atoms with Crippen LogP contribution in [0.25, 0.3) is 0 Å². The van der Waals surface area contributed by atoms with Crippen LogP contribution in [0.5, 0.6) is 11.5 Å². The van der Waals surface area contributed by atoms with Crippen molar-refractivity contribution in [1.82, 2.24) is 10.3 Å². The Labute approximate surface area is 170 Å². The molecule has 0 saturated heterocycles. The molecule has 0 aliphatic rings. The van der Waals surface area contributed by atoms with Crippen molar-refractivity contribution in [3.8, 4) is 11.5 Å². The monoisotopic (exact) mass is 391 g/mol. The van der Waals surface area contributed by atoms with Crippen molar-refractivity contribution in [3.63, 3.8) is 0 Å². The van der Waals surface area contributed by atoms with Gasteiger partial charge in [0.1, 0.15) is 23.9 Å². The third-order valence-electron chi connectivity index (χ3n) is 4.33. The zero-order valence-electron chi connectivity index (χ0n) is 16.6. The van der Waals surface area contributed by atoms with Gasteiger partial charge in [-0.15, -0.1) is 0 Å². The van der Waals surface area contributed by atoms with E-state index in [4.69, 9.17) is 9.47 Å². The minimum atomic E-state index is -0.134. The maximum atomic E-state index is 12.4. The normalized spacial score (nSPS) is 10.3. The molecule has 0 atom stereocenters. The van der Waals surface area contributed by atoms with E-state index in [1.165, 1.54) is 5.56 Å². The number of aromatic nitrogens is 1. The number of rotatable bonds is 9. The second-order valence-corrected chi connectivity index (χ2v) is 6.55. The first-order valence-electron chi connectivity index (χ1n) is 9.44. The number of pyridine rings is 1. The summed E-state index contributed by atoms with van der Waals surface area (Å²) in [6, 6.07) is 18.9. The standard InChI is InChI=1S/C23H25N3O3/c1-17-3-5-18(6-4-17)16-26-23(27)19-11-12-24-22(15-19)25-13-14-29-21-9-7-20(28-2)8-10-21/h3-12,15H,13-14,16H2,1-2H3,(H,24,25)(H,26,27). The summed E-state index contributed by atoms with van der Waals surface area (Å²) in [6.07, 6.45) is 1.62. The fourth-order valence-corrected chi connectivity index (χ4v) is 2.68. The highest BCUT2D eigenvalue weighted by atomic mass is 16.5. The Kier molecular flexibility index (Phi) is 7.05. The molecule has 2 aromatic carbocycles. The number of aryl methyl sites for hydroxylation is 1. The molecule has 1 amide bonds. The summed E-state index contributed by atoms with van der Waals surface area (Å²) in [5.74, 6) is 2.05. The van der Waals surface area contributed by atoms with Crippen molar-refractivity contribution < 1.29 is 14.3 Å². The van der Waals surface area contributed by atoms with E-state index in [2.05, 4.69) is 15.6 Å². The summed E-state index contributed by atoms with van der Waals surface area (Å²) in [4.78, 5) is 16.7. The predicted octanol–water partition coefficient (Wildman–Crippen LogP) is 3.82. The van der Waals surface area contributed by atoms with Crippen molar-refractivity contribution in [2.45, 2.75) is 13.5 Å². The maximum Gasteiger partial charge on any atom is 0.251 e. The quantitative estimate of drug-likeness (QED) is 0.543. The zero-order valence-corrected chi connectivity index (χ0v) is 16.6. The Balaban J connectivity index is 1.45. The minimum absolute atomic E-state index is 0.134. The van der Waals surface area contributed by atoms with Gasteiger partial charge in [-0.2, -0.15) is 0 Å². The highest BCUT2D eigenvalue weighted by molar-refractivity contribution is 5.94. The van der Waals surface area contributed by atoms with Gasteiger partial charge >= 0.3 is 0 Å². The van der Waals surface area contributed by atoms with Crippen LogP contribution >= 0.6 is 0 Å². The number of carbonyl (C=O) groups is 1. The predicted molar refractivity (Wildman–Crippen MR) is 114 cm³/mol. The van der Waals surface area contributed by atoms with E-state index in [0.29, 0.717) is 31.1 Å². The zero-order chi connectivity index (χ0) is 20.5. The van der Waals surface area contributed by atoms with Gasteiger partial charge in [-0.1, -0.05) is 29.8 Å². The Hall–Kier alpha value is -3.54. The van der Waals surface area contributed by atoms with Crippen molar-refractivity contribution in [2.24, 2.45) is 0 Å². The van der Waals surface area contributed by atoms with Crippen molar-refractivity contribution in [2.75, 3.05) is 25.6 Å². The summed E-state index contributed by atoms with van der Waals surface area (Å²) in [6.45, 7) is 3.56. The highest BCUT2D eigenvalue weighted by Crippen LogP contribution is 2.16. The topological polar surface area (TPSA) is 72.5 Å². The van der Waals surface area contributed by atoms with Gasteiger partial charge < -0.3 is 20.1 Å². The number of anilines is 1. The van der Waals surface area contributed by atoms with Crippen molar-refractivity contribution in [1.29, 1.82) is 0 Å². The molecule has 150 valence electrons. The molecular weight excluding hydrogens is 366 g/mol. The first-order chi connectivity index (χ1) is 14.1. The number of ether oxygens (including phenoxy) is 2. The molecule has 0 aliphatic carbocycles. The van der Waals surface area contributed by atoms with Crippen LogP contribution < -0.4 is 20.1 Å². The number of amides is 1. The number of hydrogen-bond donors (Lipinski definition) is 2. The maximum absolute atomic E-state index is 12.4. The van der Waals surface area contributed by atoms with Gasteiger partial charge in [0.2, 0.25) is 0 Å². The van der Waals surface area contributed by atoms with E-state index in [9.17, 15) is 4.79 Å². The Morgan fingerprint density at radius 1 is 1.00 bits per heavy atom. The molecular formula is C23H25N3O3. The molecule has 1 heterocycles. The molecule has 0 bridgehead atoms. The average molecular weight is 391 g/mol. The second kappa shape index (κ2) is 10.1. The van der Waals surface area contributed by atoms with Gasteiger partial charge in [0.05, 0.1) is 13.7 Å². The van der Waals surface area contributed by atoms with Crippen molar-refractivity contribution >= 4 is 11.7 Å². The molecule has 0 aliphatic heterocycles. The van der Waals surface area contributed by atoms with E-state index < -0.39 is 0 Å². The summed E-state index contributed by atoms with van der Waals surface area (Å²) in [5.41, 5.74) is 2.82. The Morgan fingerprint density at radius 2 is 1.72 bits per heavy atom. The van der Waals surface area contributed by atoms with Gasteiger partial charge in [0, 0.05) is 18.3 Å². The lowest BCUT2D eigenvalue weighted by atomic mass is 10.1. The van der Waals surface area contributed by atoms with Gasteiger partial charge in [-0.05, 0) is 48.9 Å². The molecule has 29 heavy (non-hydrogen) atoms. The van der Waals surface area contributed by atoms with Gasteiger partial charge in [0.25, 0.3) is 5.91 Å². The van der Waals surface area contributed by atoms with Crippen LogP contribution in [0.2, 0.25) is 0 Å². The fraction of sp³-hybridized carbons (Fsp3) is 0.217. The number of hydrogen-bond acceptors (Lipinski definition) is 5. The fourth-order valence-electron chi connectivity index (χ4n) is 2.68. The SMILES string of the molecule is COc1ccc(OCCNc2cc(C(=O)NCc3ccc(C)cc3)ccn2)cc1. The van der Waals surface area contributed by atoms with Crippen LogP contribution in [0.1, 0.15) is 21.5 Å². The lowest BCUT2D eigenvalue weighted by Crippen LogP contribution is -2.23. The van der Waals surface area contributed by atoms with Gasteiger partial charge in [-0.25, -0.2) is 4.98 Å². The first kappa shape index (κ1) is 20.2. The number of carbonyl (C=O) groups excluding carboxylic acids is 1. The highest BCUT2D eigenvalue weighted by Gasteiger charge is 2.07. The lowest BCUT2D eigenvalue weighted by Gasteiger charge is -2.10. The number of nitrogens with zero attached hydrogens (tertiary/aromatic N) is 1. The van der Waals surface area contributed by atoms with Gasteiger partial charge in [-0.3, -0.25) is 4.79 Å². The Morgan fingerprint density at radius 3 is 2.45 bits per heavy atom. The van der Waals surface area contributed by atoms with Crippen LogP contribution in [-0.2, 0) is 6.54 Å². The number of benzene rings is 2. The molecule has 3 rings (SSSR count). The molecule has 0 fully saturated rings. The van der Waals surface area contributed by atoms with Crippen LogP contribution in [0, 0.1) is 6.92 Å². The molecule has 0 radical (unpaired) electrons. The molecule has 3 aromatic rings. The first-order valence-corrected chi connectivity index (χ1v) is 9.44. The van der Waals surface area contributed by atoms with Crippen LogP contribution in [-0.4, -0.2) is 31.2 Å². The molecule has 6 nitrogen and oxygen atoms in total. The third kappa shape index (κ3) is 6.24. The summed E-state index contributed by atoms with van der Waals surface area (Å²) in [7, 11) is 1.63. The molecule has 0 spiro atoms. The van der Waals surface area contributed by atoms with E-state index in [0.717, 1.165) is 17.1 Å². The summed E-state index contributed by atoms with van der Waals surface area (Å²) >= 11 is 0. The van der Waals surface area contributed by atoms with Crippen LogP contribution in [0.3, 0.4) is 0 Å². The van der Waals surface area contributed by atoms with Gasteiger partial charge in [0.15, 0.2) is 0 Å². The number of nitrogens with one attached hydrogen (secondary N) is 2. The second-order valence-electron chi connectivity index (χ2n) is 6.55.